The third-order valence-electron chi connectivity index (χ3n) is 3.16. The monoisotopic (exact) mass is 333 g/mol. The molecule has 0 spiro atoms. The first-order valence-corrected chi connectivity index (χ1v) is 7.66. The van der Waals surface area contributed by atoms with Gasteiger partial charge in [-0.1, -0.05) is 18.2 Å². The van der Waals surface area contributed by atoms with Gasteiger partial charge in [0.1, 0.15) is 6.10 Å². The number of pyridine rings is 1. The van der Waals surface area contributed by atoms with Gasteiger partial charge >= 0.3 is 0 Å². The van der Waals surface area contributed by atoms with Gasteiger partial charge in [-0.3, -0.25) is 0 Å². The SMILES string of the molecule is Cc1cc(C(O)c2cscc2Br)nc2ccccc12. The van der Waals surface area contributed by atoms with Crippen LogP contribution in [0.2, 0.25) is 0 Å². The number of hydrogen-bond donors (Lipinski definition) is 1. The summed E-state index contributed by atoms with van der Waals surface area (Å²) in [7, 11) is 0. The summed E-state index contributed by atoms with van der Waals surface area (Å²) >= 11 is 5.02. The first kappa shape index (κ1) is 12.8. The minimum atomic E-state index is -0.691. The van der Waals surface area contributed by atoms with Crippen LogP contribution in [0.25, 0.3) is 10.9 Å². The van der Waals surface area contributed by atoms with Crippen molar-refractivity contribution >= 4 is 38.2 Å². The average Bonchev–Trinajstić information content (AvgIpc) is 2.84. The first-order valence-electron chi connectivity index (χ1n) is 5.93. The van der Waals surface area contributed by atoms with Gasteiger partial charge in [0, 0.05) is 20.8 Å². The van der Waals surface area contributed by atoms with Crippen molar-refractivity contribution in [2.45, 2.75) is 13.0 Å². The predicted octanol–water partition coefficient (Wildman–Crippen LogP) is 4.45. The fraction of sp³-hybridized carbons (Fsp3) is 0.133. The molecule has 19 heavy (non-hydrogen) atoms. The van der Waals surface area contributed by atoms with Crippen LogP contribution in [0, 0.1) is 6.92 Å². The molecule has 1 unspecified atom stereocenters. The Morgan fingerprint density at radius 1 is 1.26 bits per heavy atom. The summed E-state index contributed by atoms with van der Waals surface area (Å²) in [5.41, 5.74) is 3.61. The number of para-hydroxylation sites is 1. The van der Waals surface area contributed by atoms with Crippen molar-refractivity contribution in [3.8, 4) is 0 Å². The Kier molecular flexibility index (Phi) is 3.39. The third kappa shape index (κ3) is 2.31. The highest BCUT2D eigenvalue weighted by Gasteiger charge is 2.17. The summed E-state index contributed by atoms with van der Waals surface area (Å²) in [5.74, 6) is 0. The van der Waals surface area contributed by atoms with Crippen molar-refractivity contribution in [3.63, 3.8) is 0 Å². The molecule has 0 aliphatic heterocycles. The molecule has 3 aromatic rings. The van der Waals surface area contributed by atoms with Crippen LogP contribution in [0.15, 0.2) is 45.6 Å². The predicted molar refractivity (Wildman–Crippen MR) is 82.6 cm³/mol. The lowest BCUT2D eigenvalue weighted by Crippen LogP contribution is -2.03. The Bertz CT molecular complexity index is 738. The second-order valence-electron chi connectivity index (χ2n) is 4.46. The molecule has 2 nitrogen and oxygen atoms in total. The Hall–Kier alpha value is -1.23. The molecule has 0 bridgehead atoms. The zero-order valence-electron chi connectivity index (χ0n) is 10.3. The Morgan fingerprint density at radius 2 is 2.05 bits per heavy atom. The van der Waals surface area contributed by atoms with Gasteiger partial charge in [0.25, 0.3) is 0 Å². The average molecular weight is 334 g/mol. The summed E-state index contributed by atoms with van der Waals surface area (Å²) in [4.78, 5) is 4.57. The fourth-order valence-electron chi connectivity index (χ4n) is 2.16. The van der Waals surface area contributed by atoms with Crippen molar-refractivity contribution in [1.82, 2.24) is 4.98 Å². The number of aromatic nitrogens is 1. The summed E-state index contributed by atoms with van der Waals surface area (Å²) in [6.07, 6.45) is -0.691. The summed E-state index contributed by atoms with van der Waals surface area (Å²) in [6, 6.07) is 9.95. The minimum Gasteiger partial charge on any atom is -0.382 e. The van der Waals surface area contributed by atoms with E-state index in [9.17, 15) is 5.11 Å². The molecule has 0 saturated carbocycles. The highest BCUT2D eigenvalue weighted by Crippen LogP contribution is 2.32. The van der Waals surface area contributed by atoms with Gasteiger partial charge in [0.2, 0.25) is 0 Å². The van der Waals surface area contributed by atoms with Crippen molar-refractivity contribution in [1.29, 1.82) is 0 Å². The molecule has 96 valence electrons. The van der Waals surface area contributed by atoms with Crippen molar-refractivity contribution in [2.75, 3.05) is 0 Å². The number of nitrogens with zero attached hydrogens (tertiary/aromatic N) is 1. The van der Waals surface area contributed by atoms with E-state index >= 15 is 0 Å². The zero-order chi connectivity index (χ0) is 13.4. The largest absolute Gasteiger partial charge is 0.382 e. The molecular weight excluding hydrogens is 322 g/mol. The van der Waals surface area contributed by atoms with E-state index in [1.165, 1.54) is 0 Å². The Labute approximate surface area is 123 Å². The molecule has 0 aliphatic carbocycles. The smallest absolute Gasteiger partial charge is 0.123 e. The second kappa shape index (κ2) is 5.04. The molecule has 0 saturated heterocycles. The molecule has 1 aromatic carbocycles. The first-order chi connectivity index (χ1) is 9.16. The molecule has 1 N–H and O–H groups in total. The number of rotatable bonds is 2. The molecule has 2 heterocycles. The summed E-state index contributed by atoms with van der Waals surface area (Å²) in [6.45, 7) is 2.04. The van der Waals surface area contributed by atoms with Crippen LogP contribution in [0.5, 0.6) is 0 Å². The maximum atomic E-state index is 10.5. The van der Waals surface area contributed by atoms with E-state index in [2.05, 4.69) is 20.9 Å². The highest BCUT2D eigenvalue weighted by atomic mass is 79.9. The number of aliphatic hydroxyl groups excluding tert-OH is 1. The topological polar surface area (TPSA) is 33.1 Å². The molecule has 0 fully saturated rings. The van der Waals surface area contributed by atoms with Gasteiger partial charge in [-0.05, 0) is 45.9 Å². The van der Waals surface area contributed by atoms with E-state index in [-0.39, 0.29) is 0 Å². The second-order valence-corrected chi connectivity index (χ2v) is 6.06. The number of halogens is 1. The normalized spacial score (nSPS) is 12.8. The van der Waals surface area contributed by atoms with Gasteiger partial charge in [-0.15, -0.1) is 0 Å². The van der Waals surface area contributed by atoms with Crippen LogP contribution in [-0.2, 0) is 0 Å². The third-order valence-corrected chi connectivity index (χ3v) is 4.91. The van der Waals surface area contributed by atoms with E-state index in [0.29, 0.717) is 5.69 Å². The maximum Gasteiger partial charge on any atom is 0.123 e. The standard InChI is InChI=1S/C15H12BrNOS/c1-9-6-14(15(18)11-7-19-8-12(11)16)17-13-5-3-2-4-10(9)13/h2-8,15,18H,1H3. The van der Waals surface area contributed by atoms with Crippen LogP contribution >= 0.6 is 27.3 Å². The lowest BCUT2D eigenvalue weighted by Gasteiger charge is -2.12. The zero-order valence-corrected chi connectivity index (χ0v) is 12.7. The Morgan fingerprint density at radius 3 is 2.79 bits per heavy atom. The minimum absolute atomic E-state index is 0.690. The van der Waals surface area contributed by atoms with Crippen molar-refractivity contribution < 1.29 is 5.11 Å². The number of fused-ring (bicyclic) bond motifs is 1. The van der Waals surface area contributed by atoms with E-state index in [1.807, 2.05) is 48.0 Å². The molecule has 2 aromatic heterocycles. The van der Waals surface area contributed by atoms with Crippen molar-refractivity contribution in [3.05, 3.63) is 62.4 Å². The van der Waals surface area contributed by atoms with Crippen LogP contribution < -0.4 is 0 Å². The molecule has 3 rings (SSSR count). The molecule has 0 amide bonds. The van der Waals surface area contributed by atoms with Crippen LogP contribution in [-0.4, -0.2) is 10.1 Å². The van der Waals surface area contributed by atoms with Crippen LogP contribution in [0.4, 0.5) is 0 Å². The van der Waals surface area contributed by atoms with Gasteiger partial charge in [0.05, 0.1) is 11.2 Å². The maximum absolute atomic E-state index is 10.5. The Balaban J connectivity index is 2.13. The summed E-state index contributed by atoms with van der Waals surface area (Å²) in [5, 5.41) is 15.5. The number of aryl methyl sites for hydroxylation is 1. The molecule has 1 atom stereocenters. The number of hydrogen-bond acceptors (Lipinski definition) is 3. The fourth-order valence-corrected chi connectivity index (χ4v) is 3.69. The van der Waals surface area contributed by atoms with E-state index in [4.69, 9.17) is 0 Å². The molecular formula is C15H12BrNOS. The number of aliphatic hydroxyl groups is 1. The van der Waals surface area contributed by atoms with Gasteiger partial charge < -0.3 is 5.11 Å². The van der Waals surface area contributed by atoms with Gasteiger partial charge in [-0.2, -0.15) is 11.3 Å². The van der Waals surface area contributed by atoms with E-state index in [0.717, 1.165) is 26.5 Å². The molecule has 4 heteroatoms. The van der Waals surface area contributed by atoms with Gasteiger partial charge in [0.15, 0.2) is 0 Å². The molecule has 0 aliphatic rings. The lowest BCUT2D eigenvalue weighted by molar-refractivity contribution is 0.215. The van der Waals surface area contributed by atoms with Crippen LogP contribution in [0.1, 0.15) is 22.9 Å². The quantitative estimate of drug-likeness (QED) is 0.751. The van der Waals surface area contributed by atoms with E-state index in [1.54, 1.807) is 11.3 Å². The number of benzene rings is 1. The van der Waals surface area contributed by atoms with Crippen LogP contribution in [0.3, 0.4) is 0 Å². The number of thiophene rings is 1. The lowest BCUT2D eigenvalue weighted by atomic mass is 10.0. The summed E-state index contributed by atoms with van der Waals surface area (Å²) < 4.78 is 0.928. The molecule has 0 radical (unpaired) electrons. The highest BCUT2D eigenvalue weighted by molar-refractivity contribution is 9.10. The van der Waals surface area contributed by atoms with Crippen molar-refractivity contribution in [2.24, 2.45) is 0 Å². The van der Waals surface area contributed by atoms with E-state index < -0.39 is 6.10 Å². The van der Waals surface area contributed by atoms with Gasteiger partial charge in [-0.25, -0.2) is 4.98 Å².